The first kappa shape index (κ1) is 14.5. The van der Waals surface area contributed by atoms with E-state index in [0.717, 1.165) is 25.9 Å². The second-order valence-corrected chi connectivity index (χ2v) is 7.02. The summed E-state index contributed by atoms with van der Waals surface area (Å²) < 4.78 is 2.06. The van der Waals surface area contributed by atoms with E-state index < -0.39 is 0 Å². The summed E-state index contributed by atoms with van der Waals surface area (Å²) in [6.45, 7) is 8.92. The minimum absolute atomic E-state index is 0.109. The fraction of sp³-hybridized carbons (Fsp3) is 0.800. The molecule has 1 aromatic rings. The van der Waals surface area contributed by atoms with Gasteiger partial charge in [-0.1, -0.05) is 20.8 Å². The summed E-state index contributed by atoms with van der Waals surface area (Å²) in [5.74, 6) is 0.664. The van der Waals surface area contributed by atoms with Crippen molar-refractivity contribution >= 4 is 0 Å². The van der Waals surface area contributed by atoms with E-state index in [-0.39, 0.29) is 12.1 Å². The highest BCUT2D eigenvalue weighted by atomic mass is 16.3. The zero-order valence-electron chi connectivity index (χ0n) is 12.4. The van der Waals surface area contributed by atoms with E-state index in [0.29, 0.717) is 11.3 Å². The third-order valence-electron chi connectivity index (χ3n) is 4.19. The van der Waals surface area contributed by atoms with Crippen LogP contribution in [0.4, 0.5) is 0 Å². The molecule has 1 aromatic heterocycles. The lowest BCUT2D eigenvalue weighted by Crippen LogP contribution is -2.55. The van der Waals surface area contributed by atoms with Crippen molar-refractivity contribution in [1.82, 2.24) is 14.9 Å². The molecule has 0 aromatic carbocycles. The lowest BCUT2D eigenvalue weighted by Gasteiger charge is -2.47. The van der Waals surface area contributed by atoms with Crippen LogP contribution in [-0.4, -0.2) is 33.3 Å². The summed E-state index contributed by atoms with van der Waals surface area (Å²) in [7, 11) is 0. The molecule has 2 N–H and O–H groups in total. The molecule has 0 saturated heterocycles. The molecule has 4 heteroatoms. The number of rotatable bonds is 5. The van der Waals surface area contributed by atoms with Gasteiger partial charge in [0.05, 0.1) is 12.9 Å². The van der Waals surface area contributed by atoms with Crippen LogP contribution in [-0.2, 0) is 6.54 Å². The lowest BCUT2D eigenvalue weighted by molar-refractivity contribution is 0.0361. The average molecular weight is 265 g/mol. The first-order valence-corrected chi connectivity index (χ1v) is 7.26. The standard InChI is InChI=1S/C15H27N3O/c1-13-8-14(2,3)10-15(9-13,11-19)17-5-7-18-6-4-16-12-18/h4,6,12-13,17,19H,5,7-11H2,1-3H3. The third-order valence-corrected chi connectivity index (χ3v) is 4.19. The van der Waals surface area contributed by atoms with Gasteiger partial charge >= 0.3 is 0 Å². The summed E-state index contributed by atoms with van der Waals surface area (Å²) in [4.78, 5) is 4.05. The zero-order chi connectivity index (χ0) is 13.9. The number of aromatic nitrogens is 2. The molecule has 2 unspecified atom stereocenters. The van der Waals surface area contributed by atoms with Crippen molar-refractivity contribution in [3.63, 3.8) is 0 Å². The van der Waals surface area contributed by atoms with Gasteiger partial charge in [0.1, 0.15) is 0 Å². The summed E-state index contributed by atoms with van der Waals surface area (Å²) in [5.41, 5.74) is 0.199. The minimum Gasteiger partial charge on any atom is -0.394 e. The van der Waals surface area contributed by atoms with Crippen molar-refractivity contribution in [3.05, 3.63) is 18.7 Å². The second-order valence-electron chi connectivity index (χ2n) is 7.02. The number of hydrogen-bond acceptors (Lipinski definition) is 3. The van der Waals surface area contributed by atoms with Crippen LogP contribution in [0.1, 0.15) is 40.0 Å². The fourth-order valence-electron chi connectivity index (χ4n) is 3.92. The summed E-state index contributed by atoms with van der Waals surface area (Å²) >= 11 is 0. The molecule has 4 nitrogen and oxygen atoms in total. The van der Waals surface area contributed by atoms with Gasteiger partial charge in [0.2, 0.25) is 0 Å². The number of nitrogens with one attached hydrogen (secondary N) is 1. The smallest absolute Gasteiger partial charge is 0.0946 e. The van der Waals surface area contributed by atoms with Crippen LogP contribution in [0.5, 0.6) is 0 Å². The molecule has 108 valence electrons. The van der Waals surface area contributed by atoms with E-state index in [1.165, 1.54) is 6.42 Å². The van der Waals surface area contributed by atoms with Gasteiger partial charge in [0, 0.05) is 31.0 Å². The van der Waals surface area contributed by atoms with Gasteiger partial charge in [-0.05, 0) is 30.6 Å². The quantitative estimate of drug-likeness (QED) is 0.856. The molecule has 0 bridgehead atoms. The van der Waals surface area contributed by atoms with Crippen LogP contribution in [0.3, 0.4) is 0 Å². The predicted octanol–water partition coefficient (Wildman–Crippen LogP) is 2.05. The van der Waals surface area contributed by atoms with Crippen LogP contribution in [0.2, 0.25) is 0 Å². The van der Waals surface area contributed by atoms with Gasteiger partial charge in [-0.25, -0.2) is 4.98 Å². The van der Waals surface area contributed by atoms with Crippen LogP contribution in [0, 0.1) is 11.3 Å². The Morgan fingerprint density at radius 1 is 1.42 bits per heavy atom. The van der Waals surface area contributed by atoms with Crippen LogP contribution in [0.25, 0.3) is 0 Å². The van der Waals surface area contributed by atoms with E-state index in [1.807, 2.05) is 12.5 Å². The van der Waals surface area contributed by atoms with Gasteiger partial charge < -0.3 is 15.0 Å². The highest BCUT2D eigenvalue weighted by Crippen LogP contribution is 2.43. The van der Waals surface area contributed by atoms with Crippen molar-refractivity contribution in [3.8, 4) is 0 Å². The fourth-order valence-corrected chi connectivity index (χ4v) is 3.92. The van der Waals surface area contributed by atoms with Crippen molar-refractivity contribution < 1.29 is 5.11 Å². The monoisotopic (exact) mass is 265 g/mol. The highest BCUT2D eigenvalue weighted by molar-refractivity contribution is 4.98. The van der Waals surface area contributed by atoms with Gasteiger partial charge in [-0.15, -0.1) is 0 Å². The normalized spacial score (nSPS) is 30.4. The zero-order valence-corrected chi connectivity index (χ0v) is 12.4. The van der Waals surface area contributed by atoms with Crippen LogP contribution >= 0.6 is 0 Å². The van der Waals surface area contributed by atoms with Crippen LogP contribution in [0.15, 0.2) is 18.7 Å². The Morgan fingerprint density at radius 2 is 2.21 bits per heavy atom. The van der Waals surface area contributed by atoms with Crippen molar-refractivity contribution in [2.24, 2.45) is 11.3 Å². The Hall–Kier alpha value is -0.870. The SMILES string of the molecule is CC1CC(C)(C)CC(CO)(NCCn2ccnc2)C1. The molecule has 1 heterocycles. The van der Waals surface area contributed by atoms with E-state index in [9.17, 15) is 5.11 Å². The van der Waals surface area contributed by atoms with E-state index in [4.69, 9.17) is 0 Å². The van der Waals surface area contributed by atoms with Crippen molar-refractivity contribution in [2.45, 2.75) is 52.1 Å². The molecule has 19 heavy (non-hydrogen) atoms. The maximum Gasteiger partial charge on any atom is 0.0946 e. The highest BCUT2D eigenvalue weighted by Gasteiger charge is 2.42. The van der Waals surface area contributed by atoms with Crippen molar-refractivity contribution in [2.75, 3.05) is 13.2 Å². The Morgan fingerprint density at radius 3 is 2.79 bits per heavy atom. The lowest BCUT2D eigenvalue weighted by atomic mass is 9.64. The Kier molecular flexibility index (Phi) is 4.31. The predicted molar refractivity (Wildman–Crippen MR) is 76.8 cm³/mol. The molecule has 0 radical (unpaired) electrons. The number of aliphatic hydroxyl groups excluding tert-OH is 1. The topological polar surface area (TPSA) is 50.1 Å². The van der Waals surface area contributed by atoms with Crippen LogP contribution < -0.4 is 5.32 Å². The molecule has 1 saturated carbocycles. The Bertz CT molecular complexity index is 388. The summed E-state index contributed by atoms with van der Waals surface area (Å²) in [5, 5.41) is 13.5. The number of nitrogens with zero attached hydrogens (tertiary/aromatic N) is 2. The van der Waals surface area contributed by atoms with E-state index in [1.54, 1.807) is 6.20 Å². The van der Waals surface area contributed by atoms with E-state index >= 15 is 0 Å². The molecule has 1 aliphatic carbocycles. The van der Waals surface area contributed by atoms with Gasteiger partial charge in [0.15, 0.2) is 0 Å². The molecule has 1 aliphatic rings. The van der Waals surface area contributed by atoms with Gasteiger partial charge in [-0.2, -0.15) is 0 Å². The Labute approximate surface area is 116 Å². The number of aliphatic hydroxyl groups is 1. The maximum atomic E-state index is 9.87. The summed E-state index contributed by atoms with van der Waals surface area (Å²) in [6.07, 6.45) is 8.97. The molecule has 2 atom stereocenters. The number of imidazole rings is 1. The number of hydrogen-bond donors (Lipinski definition) is 2. The van der Waals surface area contributed by atoms with E-state index in [2.05, 4.69) is 35.6 Å². The second kappa shape index (κ2) is 5.63. The minimum atomic E-state index is -0.109. The van der Waals surface area contributed by atoms with Gasteiger partial charge in [0.25, 0.3) is 0 Å². The molecule has 0 aliphatic heterocycles. The average Bonchev–Trinajstić information content (AvgIpc) is 2.79. The van der Waals surface area contributed by atoms with Gasteiger partial charge in [-0.3, -0.25) is 0 Å². The molecule has 1 fully saturated rings. The largest absolute Gasteiger partial charge is 0.394 e. The Balaban J connectivity index is 1.93. The first-order valence-electron chi connectivity index (χ1n) is 7.26. The third kappa shape index (κ3) is 3.80. The maximum absolute atomic E-state index is 9.87. The molecular formula is C15H27N3O. The first-order chi connectivity index (χ1) is 8.95. The molecule has 0 spiro atoms. The summed E-state index contributed by atoms with van der Waals surface area (Å²) in [6, 6.07) is 0. The molecule has 0 amide bonds. The van der Waals surface area contributed by atoms with Crippen molar-refractivity contribution in [1.29, 1.82) is 0 Å². The molecular weight excluding hydrogens is 238 g/mol. The molecule has 2 rings (SSSR count).